The molecule has 2 saturated heterocycles. The number of hydrogen-bond acceptors (Lipinski definition) is 6. The first kappa shape index (κ1) is 28.1. The van der Waals surface area contributed by atoms with Crippen LogP contribution < -0.4 is 11.1 Å². The van der Waals surface area contributed by atoms with Gasteiger partial charge in [0.05, 0.1) is 12.5 Å². The fourth-order valence-corrected chi connectivity index (χ4v) is 5.55. The average Bonchev–Trinajstić information content (AvgIpc) is 3.60. The maximum Gasteiger partial charge on any atom is 0.305 e. The SMILES string of the molecule is NC(Cc1ccccc1)C(=O)N1CCCC1C(=O)N1CCCC1C(=O)NC(CC(=O)O)Cc1ccc(O)cc1. The molecular weight excluding hydrogens is 500 g/mol. The van der Waals surface area contributed by atoms with Gasteiger partial charge in [-0.05, 0) is 61.8 Å². The Morgan fingerprint density at radius 2 is 1.49 bits per heavy atom. The van der Waals surface area contributed by atoms with Gasteiger partial charge in [-0.2, -0.15) is 0 Å². The van der Waals surface area contributed by atoms with Crippen molar-refractivity contribution in [1.82, 2.24) is 15.1 Å². The summed E-state index contributed by atoms with van der Waals surface area (Å²) in [5.41, 5.74) is 7.96. The van der Waals surface area contributed by atoms with Gasteiger partial charge in [-0.1, -0.05) is 42.5 Å². The quantitative estimate of drug-likeness (QED) is 0.358. The summed E-state index contributed by atoms with van der Waals surface area (Å²) in [5, 5.41) is 21.7. The van der Waals surface area contributed by atoms with E-state index in [1.165, 1.54) is 17.0 Å². The van der Waals surface area contributed by atoms with E-state index in [0.29, 0.717) is 45.2 Å². The molecule has 2 aromatic rings. The Morgan fingerprint density at radius 1 is 0.872 bits per heavy atom. The number of phenols is 1. The summed E-state index contributed by atoms with van der Waals surface area (Å²) in [7, 11) is 0. The second-order valence-electron chi connectivity index (χ2n) is 10.3. The largest absolute Gasteiger partial charge is 0.508 e. The second kappa shape index (κ2) is 12.8. The molecule has 0 aromatic heterocycles. The first-order valence-corrected chi connectivity index (χ1v) is 13.4. The number of hydrogen-bond donors (Lipinski definition) is 4. The number of likely N-dealkylation sites (tertiary alicyclic amines) is 2. The first-order chi connectivity index (χ1) is 18.7. The van der Waals surface area contributed by atoms with Crippen LogP contribution in [0.25, 0.3) is 0 Å². The van der Waals surface area contributed by atoms with Crippen molar-refractivity contribution >= 4 is 23.7 Å². The van der Waals surface area contributed by atoms with Crippen LogP contribution in [0.15, 0.2) is 54.6 Å². The summed E-state index contributed by atoms with van der Waals surface area (Å²) in [6.45, 7) is 0.836. The highest BCUT2D eigenvalue weighted by molar-refractivity contribution is 5.94. The molecule has 4 atom stereocenters. The number of carboxylic acid groups (broad SMARTS) is 1. The van der Waals surface area contributed by atoms with E-state index in [-0.39, 0.29) is 30.4 Å². The lowest BCUT2D eigenvalue weighted by Gasteiger charge is -2.32. The number of benzene rings is 2. The molecule has 39 heavy (non-hydrogen) atoms. The molecule has 5 N–H and O–H groups in total. The minimum atomic E-state index is -1.05. The van der Waals surface area contributed by atoms with Crippen LogP contribution in [0, 0.1) is 0 Å². The van der Waals surface area contributed by atoms with Crippen LogP contribution in [0.1, 0.15) is 43.2 Å². The fraction of sp³-hybridized carbons (Fsp3) is 0.448. The molecule has 0 bridgehead atoms. The zero-order valence-corrected chi connectivity index (χ0v) is 21.9. The van der Waals surface area contributed by atoms with Gasteiger partial charge in [0.25, 0.3) is 0 Å². The second-order valence-corrected chi connectivity index (χ2v) is 10.3. The Balaban J connectivity index is 1.41. The normalized spacial score (nSPS) is 20.4. The van der Waals surface area contributed by atoms with Crippen molar-refractivity contribution in [3.05, 3.63) is 65.7 Å². The summed E-state index contributed by atoms with van der Waals surface area (Å²) in [6.07, 6.45) is 2.65. The Kier molecular flexibility index (Phi) is 9.19. The number of carbonyl (C=O) groups is 4. The lowest BCUT2D eigenvalue weighted by Crippen LogP contribution is -2.56. The summed E-state index contributed by atoms with van der Waals surface area (Å²) in [5.74, 6) is -1.89. The van der Waals surface area contributed by atoms with Crippen LogP contribution in [-0.4, -0.2) is 81.0 Å². The number of nitrogens with zero attached hydrogens (tertiary/aromatic N) is 2. The van der Waals surface area contributed by atoms with Crippen LogP contribution in [-0.2, 0) is 32.0 Å². The fourth-order valence-electron chi connectivity index (χ4n) is 5.55. The Labute approximate surface area is 227 Å². The molecule has 0 spiro atoms. The van der Waals surface area contributed by atoms with Crippen molar-refractivity contribution in [2.24, 2.45) is 5.73 Å². The van der Waals surface area contributed by atoms with Gasteiger partial charge in [0, 0.05) is 19.1 Å². The van der Waals surface area contributed by atoms with Crippen molar-refractivity contribution in [2.45, 2.75) is 69.1 Å². The third-order valence-electron chi connectivity index (χ3n) is 7.46. The van der Waals surface area contributed by atoms with Crippen LogP contribution in [0.3, 0.4) is 0 Å². The van der Waals surface area contributed by atoms with E-state index in [2.05, 4.69) is 5.32 Å². The van der Waals surface area contributed by atoms with Gasteiger partial charge in [0.1, 0.15) is 17.8 Å². The topological polar surface area (TPSA) is 153 Å². The van der Waals surface area contributed by atoms with Crippen molar-refractivity contribution < 1.29 is 29.4 Å². The number of rotatable bonds is 10. The van der Waals surface area contributed by atoms with Gasteiger partial charge >= 0.3 is 5.97 Å². The zero-order valence-electron chi connectivity index (χ0n) is 21.9. The molecule has 10 nitrogen and oxygen atoms in total. The molecule has 4 unspecified atom stereocenters. The van der Waals surface area contributed by atoms with Gasteiger partial charge < -0.3 is 31.1 Å². The van der Waals surface area contributed by atoms with Crippen molar-refractivity contribution in [1.29, 1.82) is 0 Å². The molecular formula is C29H36N4O6. The summed E-state index contributed by atoms with van der Waals surface area (Å²) in [6, 6.07) is 13.0. The van der Waals surface area contributed by atoms with Crippen LogP contribution in [0.5, 0.6) is 5.75 Å². The number of nitrogens with one attached hydrogen (secondary N) is 1. The number of phenolic OH excluding ortho intramolecular Hbond substituents is 1. The van der Waals surface area contributed by atoms with Crippen LogP contribution in [0.4, 0.5) is 0 Å². The van der Waals surface area contributed by atoms with Crippen LogP contribution in [0.2, 0.25) is 0 Å². The lowest BCUT2D eigenvalue weighted by molar-refractivity contribution is -0.147. The zero-order chi connectivity index (χ0) is 27.9. The minimum Gasteiger partial charge on any atom is -0.508 e. The monoisotopic (exact) mass is 536 g/mol. The van der Waals surface area contributed by atoms with E-state index < -0.39 is 36.0 Å². The van der Waals surface area contributed by atoms with E-state index in [4.69, 9.17) is 5.73 Å². The van der Waals surface area contributed by atoms with Gasteiger partial charge in [-0.15, -0.1) is 0 Å². The molecule has 2 aliphatic heterocycles. The van der Waals surface area contributed by atoms with E-state index in [9.17, 15) is 29.4 Å². The van der Waals surface area contributed by atoms with E-state index in [1.54, 1.807) is 17.0 Å². The van der Waals surface area contributed by atoms with Gasteiger partial charge in [0.15, 0.2) is 0 Å². The maximum absolute atomic E-state index is 13.6. The highest BCUT2D eigenvalue weighted by atomic mass is 16.4. The van der Waals surface area contributed by atoms with E-state index in [1.807, 2.05) is 30.3 Å². The molecule has 0 saturated carbocycles. The van der Waals surface area contributed by atoms with Crippen molar-refractivity contribution in [3.8, 4) is 5.75 Å². The number of carboxylic acids is 1. The maximum atomic E-state index is 13.6. The number of nitrogens with two attached hydrogens (primary N) is 1. The Hall–Kier alpha value is -3.92. The van der Waals surface area contributed by atoms with Gasteiger partial charge in [0.2, 0.25) is 17.7 Å². The molecule has 2 aliphatic rings. The van der Waals surface area contributed by atoms with Crippen molar-refractivity contribution in [2.75, 3.05) is 13.1 Å². The standard InChI is InChI=1S/C29H36N4O6/c30-23(17-19-6-2-1-3-7-19)28(38)33-15-5-9-25(33)29(39)32-14-4-8-24(32)27(37)31-21(18-26(35)36)16-20-10-12-22(34)13-11-20/h1-3,6-7,10-13,21,23-25,34H,4-5,8-9,14-18,30H2,(H,31,37)(H,35,36). The first-order valence-electron chi connectivity index (χ1n) is 13.4. The highest BCUT2D eigenvalue weighted by Crippen LogP contribution is 2.26. The Bertz CT molecular complexity index is 1170. The van der Waals surface area contributed by atoms with Crippen LogP contribution >= 0.6 is 0 Å². The summed E-state index contributed by atoms with van der Waals surface area (Å²) in [4.78, 5) is 54.7. The molecule has 0 aliphatic carbocycles. The van der Waals surface area contributed by atoms with E-state index in [0.717, 1.165) is 11.1 Å². The Morgan fingerprint density at radius 3 is 2.15 bits per heavy atom. The smallest absolute Gasteiger partial charge is 0.305 e. The van der Waals surface area contributed by atoms with Gasteiger partial charge in [-0.3, -0.25) is 19.2 Å². The number of aliphatic carboxylic acids is 1. The predicted molar refractivity (Wildman–Crippen MR) is 144 cm³/mol. The molecule has 208 valence electrons. The molecule has 10 heteroatoms. The number of amides is 3. The third kappa shape index (κ3) is 7.14. The molecule has 4 rings (SSSR count). The third-order valence-corrected chi connectivity index (χ3v) is 7.46. The number of carbonyl (C=O) groups excluding carboxylic acids is 3. The lowest BCUT2D eigenvalue weighted by atomic mass is 10.0. The predicted octanol–water partition coefficient (Wildman–Crippen LogP) is 1.45. The highest BCUT2D eigenvalue weighted by Gasteiger charge is 2.43. The molecule has 2 aromatic carbocycles. The van der Waals surface area contributed by atoms with Gasteiger partial charge in [-0.25, -0.2) is 0 Å². The molecule has 2 fully saturated rings. The number of aromatic hydroxyl groups is 1. The molecule has 3 amide bonds. The minimum absolute atomic E-state index is 0.0955. The summed E-state index contributed by atoms with van der Waals surface area (Å²) < 4.78 is 0. The van der Waals surface area contributed by atoms with E-state index >= 15 is 0 Å². The summed E-state index contributed by atoms with van der Waals surface area (Å²) >= 11 is 0. The van der Waals surface area contributed by atoms with Crippen molar-refractivity contribution in [3.63, 3.8) is 0 Å². The molecule has 0 radical (unpaired) electrons. The molecule has 2 heterocycles. The average molecular weight is 537 g/mol.